The van der Waals surface area contributed by atoms with E-state index in [9.17, 15) is 0 Å². The zero-order valence-electron chi connectivity index (χ0n) is 12.2. The van der Waals surface area contributed by atoms with Gasteiger partial charge in [0.1, 0.15) is 0 Å². The molecule has 0 aromatic heterocycles. The lowest BCUT2D eigenvalue weighted by atomic mass is 9.90. The first kappa shape index (κ1) is 13.2. The Morgan fingerprint density at radius 1 is 1.39 bits per heavy atom. The fourth-order valence-corrected chi connectivity index (χ4v) is 3.02. The summed E-state index contributed by atoms with van der Waals surface area (Å²) in [6, 6.07) is 0. The van der Waals surface area contributed by atoms with Crippen LogP contribution >= 0.6 is 0 Å². The van der Waals surface area contributed by atoms with Gasteiger partial charge in [0.25, 0.3) is 0 Å². The van der Waals surface area contributed by atoms with E-state index >= 15 is 0 Å². The van der Waals surface area contributed by atoms with Crippen molar-refractivity contribution in [1.82, 2.24) is 4.90 Å². The van der Waals surface area contributed by atoms with Crippen LogP contribution in [0.4, 0.5) is 0 Å². The zero-order valence-corrected chi connectivity index (χ0v) is 12.2. The topological polar surface area (TPSA) is 3.24 Å². The van der Waals surface area contributed by atoms with Crippen LogP contribution in [0.5, 0.6) is 0 Å². The zero-order chi connectivity index (χ0) is 13.3. The van der Waals surface area contributed by atoms with Crippen molar-refractivity contribution in [3.05, 3.63) is 46.8 Å². The molecule has 0 aromatic carbocycles. The lowest BCUT2D eigenvalue weighted by Crippen LogP contribution is -2.20. The van der Waals surface area contributed by atoms with Gasteiger partial charge in [-0.05, 0) is 44.3 Å². The number of hydrogen-bond acceptors (Lipinski definition) is 1. The predicted molar refractivity (Wildman–Crippen MR) is 79.1 cm³/mol. The standard InChI is InChI=1S/C17H25N/c1-6-12(3)16-11-18-10-15(16)9-8-13(4)14(5)17(18)7-2/h8,11,15H,3,6-7,9-10H2,1-2,4-5H3/b13-8-,17-14-. The predicted octanol–water partition coefficient (Wildman–Crippen LogP) is 4.80. The second-order valence-electron chi connectivity index (χ2n) is 5.44. The number of fused-ring (bicyclic) bond motifs is 2. The Balaban J connectivity index is 2.43. The molecule has 1 nitrogen and oxygen atoms in total. The second-order valence-corrected chi connectivity index (χ2v) is 5.44. The Kier molecular flexibility index (Phi) is 3.79. The van der Waals surface area contributed by atoms with Gasteiger partial charge in [0.15, 0.2) is 0 Å². The third-order valence-electron chi connectivity index (χ3n) is 4.40. The van der Waals surface area contributed by atoms with E-state index in [2.05, 4.69) is 51.4 Å². The molecule has 0 aliphatic carbocycles. The van der Waals surface area contributed by atoms with Crippen LogP contribution in [0.3, 0.4) is 0 Å². The molecular formula is C17H25N. The molecular weight excluding hydrogens is 218 g/mol. The smallest absolute Gasteiger partial charge is 0.0294 e. The van der Waals surface area contributed by atoms with Gasteiger partial charge in [-0.25, -0.2) is 0 Å². The molecule has 2 bridgehead atoms. The van der Waals surface area contributed by atoms with E-state index in [1.165, 1.54) is 28.0 Å². The third-order valence-corrected chi connectivity index (χ3v) is 4.40. The van der Waals surface area contributed by atoms with Crippen molar-refractivity contribution in [2.45, 2.75) is 47.0 Å². The normalized spacial score (nSPS) is 30.4. The molecule has 18 heavy (non-hydrogen) atoms. The molecule has 1 unspecified atom stereocenters. The van der Waals surface area contributed by atoms with Crippen LogP contribution in [-0.4, -0.2) is 11.4 Å². The second kappa shape index (κ2) is 5.17. The van der Waals surface area contributed by atoms with Crippen molar-refractivity contribution < 1.29 is 0 Å². The summed E-state index contributed by atoms with van der Waals surface area (Å²) >= 11 is 0. The van der Waals surface area contributed by atoms with Gasteiger partial charge < -0.3 is 4.90 Å². The monoisotopic (exact) mass is 243 g/mol. The van der Waals surface area contributed by atoms with Crippen LogP contribution in [0.1, 0.15) is 47.0 Å². The van der Waals surface area contributed by atoms with Gasteiger partial charge in [0.2, 0.25) is 0 Å². The summed E-state index contributed by atoms with van der Waals surface area (Å²) in [6.45, 7) is 14.3. The fraction of sp³-hybridized carbons (Fsp3) is 0.529. The molecule has 0 saturated carbocycles. The van der Waals surface area contributed by atoms with Crippen LogP contribution < -0.4 is 0 Å². The van der Waals surface area contributed by atoms with E-state index in [1.54, 1.807) is 0 Å². The summed E-state index contributed by atoms with van der Waals surface area (Å²) in [5.41, 5.74) is 7.16. The van der Waals surface area contributed by atoms with E-state index in [0.29, 0.717) is 5.92 Å². The van der Waals surface area contributed by atoms with Gasteiger partial charge in [-0.1, -0.05) is 37.6 Å². The van der Waals surface area contributed by atoms with Gasteiger partial charge in [-0.15, -0.1) is 0 Å². The summed E-state index contributed by atoms with van der Waals surface area (Å²) in [5, 5.41) is 0. The lowest BCUT2D eigenvalue weighted by Gasteiger charge is -2.25. The van der Waals surface area contributed by atoms with Crippen LogP contribution in [0.2, 0.25) is 0 Å². The Bertz CT molecular complexity index is 448. The van der Waals surface area contributed by atoms with Crippen LogP contribution in [-0.2, 0) is 0 Å². The van der Waals surface area contributed by atoms with Gasteiger partial charge in [0.05, 0.1) is 0 Å². The molecule has 0 fully saturated rings. The highest BCUT2D eigenvalue weighted by atomic mass is 15.1. The van der Waals surface area contributed by atoms with Gasteiger partial charge >= 0.3 is 0 Å². The van der Waals surface area contributed by atoms with Gasteiger partial charge in [0, 0.05) is 24.4 Å². The van der Waals surface area contributed by atoms with Gasteiger partial charge in [-0.3, -0.25) is 0 Å². The Labute approximate surface area is 112 Å². The lowest BCUT2D eigenvalue weighted by molar-refractivity contribution is 0.423. The van der Waals surface area contributed by atoms with Crippen molar-refractivity contribution >= 4 is 0 Å². The molecule has 2 rings (SSSR count). The minimum atomic E-state index is 0.641. The number of rotatable bonds is 3. The van der Waals surface area contributed by atoms with Crippen LogP contribution in [0, 0.1) is 5.92 Å². The molecule has 98 valence electrons. The summed E-state index contributed by atoms with van der Waals surface area (Å²) in [5.74, 6) is 0.641. The third kappa shape index (κ3) is 2.19. The molecule has 2 aliphatic rings. The Morgan fingerprint density at radius 2 is 2.11 bits per heavy atom. The molecule has 1 heteroatoms. The largest absolute Gasteiger partial charge is 0.350 e. The highest BCUT2D eigenvalue weighted by Crippen LogP contribution is 2.37. The minimum absolute atomic E-state index is 0.641. The van der Waals surface area contributed by atoms with Gasteiger partial charge in [-0.2, -0.15) is 0 Å². The molecule has 2 aliphatic heterocycles. The molecule has 0 radical (unpaired) electrons. The maximum atomic E-state index is 4.23. The highest BCUT2D eigenvalue weighted by molar-refractivity contribution is 5.41. The number of allylic oxidation sites excluding steroid dienone is 5. The molecule has 0 spiro atoms. The first-order chi connectivity index (χ1) is 8.58. The minimum Gasteiger partial charge on any atom is -0.350 e. The van der Waals surface area contributed by atoms with Crippen molar-refractivity contribution in [2.75, 3.05) is 6.54 Å². The highest BCUT2D eigenvalue weighted by Gasteiger charge is 2.28. The summed E-state index contributed by atoms with van der Waals surface area (Å²) in [4.78, 5) is 2.46. The Morgan fingerprint density at radius 3 is 2.72 bits per heavy atom. The maximum absolute atomic E-state index is 4.23. The van der Waals surface area contributed by atoms with Crippen molar-refractivity contribution in [1.29, 1.82) is 0 Å². The average Bonchev–Trinajstić information content (AvgIpc) is 2.79. The maximum Gasteiger partial charge on any atom is 0.0294 e. The van der Waals surface area contributed by atoms with Crippen molar-refractivity contribution in [2.24, 2.45) is 5.92 Å². The quantitative estimate of drug-likeness (QED) is 0.688. The van der Waals surface area contributed by atoms with E-state index in [1.807, 2.05) is 0 Å². The van der Waals surface area contributed by atoms with Crippen molar-refractivity contribution in [3.63, 3.8) is 0 Å². The van der Waals surface area contributed by atoms with E-state index < -0.39 is 0 Å². The number of hydrogen-bond donors (Lipinski definition) is 0. The first-order valence-electron chi connectivity index (χ1n) is 7.11. The molecule has 0 saturated heterocycles. The molecule has 1 atom stereocenters. The Hall–Kier alpha value is -1.24. The number of nitrogens with zero attached hydrogens (tertiary/aromatic N) is 1. The first-order valence-corrected chi connectivity index (χ1v) is 7.11. The average molecular weight is 243 g/mol. The SMILES string of the molecule is C=C(CC)C1=CN2CC1C/C=C(C)\C(C)=C/2CC. The molecule has 0 aromatic rings. The molecule has 2 heterocycles. The summed E-state index contributed by atoms with van der Waals surface area (Å²) in [7, 11) is 0. The summed E-state index contributed by atoms with van der Waals surface area (Å²) in [6.07, 6.45) is 8.08. The molecule has 0 N–H and O–H groups in total. The molecule has 0 amide bonds. The van der Waals surface area contributed by atoms with Crippen LogP contribution in [0.25, 0.3) is 0 Å². The van der Waals surface area contributed by atoms with E-state index in [0.717, 1.165) is 25.8 Å². The van der Waals surface area contributed by atoms with Crippen LogP contribution in [0.15, 0.2) is 46.8 Å². The summed E-state index contributed by atoms with van der Waals surface area (Å²) < 4.78 is 0. The van der Waals surface area contributed by atoms with E-state index in [-0.39, 0.29) is 0 Å². The fourth-order valence-electron chi connectivity index (χ4n) is 3.02. The van der Waals surface area contributed by atoms with E-state index in [4.69, 9.17) is 0 Å². The van der Waals surface area contributed by atoms with Crippen molar-refractivity contribution in [3.8, 4) is 0 Å².